The number of esters is 1. The Hall–Kier alpha value is -1.40. The van der Waals surface area contributed by atoms with Gasteiger partial charge in [-0.3, -0.25) is 9.59 Å². The van der Waals surface area contributed by atoms with Crippen LogP contribution in [0.5, 0.6) is 0 Å². The van der Waals surface area contributed by atoms with Gasteiger partial charge in [0.1, 0.15) is 6.10 Å². The van der Waals surface area contributed by atoms with Crippen LogP contribution in [0.4, 0.5) is 0 Å². The zero-order chi connectivity index (χ0) is 29.3. The molecule has 1 amide bonds. The first-order valence-corrected chi connectivity index (χ1v) is 17.6. The molecular formula is C36H55NO5. The molecule has 0 N–H and O–H groups in total. The maximum atomic E-state index is 12.7. The van der Waals surface area contributed by atoms with Crippen LogP contribution in [-0.4, -0.2) is 54.5 Å². The minimum atomic E-state index is -0.336. The molecule has 6 heteroatoms. The second-order valence-electron chi connectivity index (χ2n) is 16.1. The summed E-state index contributed by atoms with van der Waals surface area (Å²) in [5.74, 6) is 3.63. The van der Waals surface area contributed by atoms with Gasteiger partial charge in [0.25, 0.3) is 0 Å². The number of fused-ring (bicyclic) bond motifs is 7. The standard InChI is InChI=1S/C36H55NO5/c1-23-12-17-36(40-22-23)24(2)33-30(42-36)21-29-27-11-10-25-20-26(13-15-34(25,3)28(27)14-16-35(29,33)4)41-32(39)9-7-8-31(38)37-18-5-6-19-37/h10,23-24,26-30,33H,5-9,11-22H2,1-4H3/t23-,24+,26+,27-,28+,29+,30+,33+,34+,35+,36-/m1/s1. The average molecular weight is 582 g/mol. The summed E-state index contributed by atoms with van der Waals surface area (Å²) in [7, 11) is 0. The molecule has 4 aliphatic carbocycles. The van der Waals surface area contributed by atoms with Gasteiger partial charge in [-0.05, 0) is 105 Å². The van der Waals surface area contributed by atoms with E-state index >= 15 is 0 Å². The predicted octanol–water partition coefficient (Wildman–Crippen LogP) is 7.06. The SMILES string of the molecule is C[C@@H]1CC[C@@]2(OC1)O[C@H]1C[C@H]3[C@@H]4CC=C5C[C@@H](OC(=O)CCCC(=O)N6CCCC6)CC[C@]5(C)[C@H]4CC[C@]3(C)[C@H]1[C@@H]2C. The summed E-state index contributed by atoms with van der Waals surface area (Å²) in [5, 5.41) is 0. The Morgan fingerprint density at radius 2 is 1.83 bits per heavy atom. The first-order chi connectivity index (χ1) is 20.1. The quantitative estimate of drug-likeness (QED) is 0.257. The number of likely N-dealkylation sites (tertiary alicyclic amines) is 1. The molecule has 1 spiro atoms. The summed E-state index contributed by atoms with van der Waals surface area (Å²) in [4.78, 5) is 27.0. The molecule has 7 aliphatic rings. The van der Waals surface area contributed by atoms with Gasteiger partial charge in [0, 0.05) is 44.7 Å². The second-order valence-corrected chi connectivity index (χ2v) is 16.1. The van der Waals surface area contributed by atoms with Crippen molar-refractivity contribution in [1.82, 2.24) is 4.90 Å². The molecule has 11 atom stereocenters. The van der Waals surface area contributed by atoms with Crippen molar-refractivity contribution < 1.29 is 23.8 Å². The Morgan fingerprint density at radius 3 is 2.60 bits per heavy atom. The molecular weight excluding hydrogens is 526 g/mol. The second kappa shape index (κ2) is 10.9. The van der Waals surface area contributed by atoms with E-state index in [1.165, 1.54) is 32.1 Å². The largest absolute Gasteiger partial charge is 0.462 e. The number of rotatable bonds is 5. The minimum absolute atomic E-state index is 0.00833. The van der Waals surface area contributed by atoms with Crippen LogP contribution in [-0.2, 0) is 23.8 Å². The van der Waals surface area contributed by atoms with E-state index in [0.717, 1.165) is 76.0 Å². The summed E-state index contributed by atoms with van der Waals surface area (Å²) in [6.45, 7) is 12.5. The zero-order valence-electron chi connectivity index (χ0n) is 26.7. The van der Waals surface area contributed by atoms with Crippen molar-refractivity contribution in [3.63, 3.8) is 0 Å². The molecule has 0 radical (unpaired) electrons. The number of ether oxygens (including phenoxy) is 3. The van der Waals surface area contributed by atoms with Crippen LogP contribution >= 0.6 is 0 Å². The lowest BCUT2D eigenvalue weighted by Crippen LogP contribution is -2.52. The summed E-state index contributed by atoms with van der Waals surface area (Å²) in [5.41, 5.74) is 2.11. The number of carbonyl (C=O) groups is 2. The van der Waals surface area contributed by atoms with Crippen molar-refractivity contribution in [1.29, 1.82) is 0 Å². The third kappa shape index (κ3) is 4.71. The van der Waals surface area contributed by atoms with Gasteiger partial charge in [-0.25, -0.2) is 0 Å². The van der Waals surface area contributed by atoms with Crippen molar-refractivity contribution in [2.75, 3.05) is 19.7 Å². The lowest BCUT2D eigenvalue weighted by Gasteiger charge is -2.58. The van der Waals surface area contributed by atoms with E-state index in [0.29, 0.717) is 48.5 Å². The van der Waals surface area contributed by atoms with Crippen LogP contribution in [0.1, 0.15) is 118 Å². The van der Waals surface area contributed by atoms with Crippen molar-refractivity contribution in [2.45, 2.75) is 136 Å². The van der Waals surface area contributed by atoms with Gasteiger partial charge in [-0.1, -0.05) is 39.3 Å². The third-order valence-electron chi connectivity index (χ3n) is 13.9. The smallest absolute Gasteiger partial charge is 0.306 e. The number of nitrogens with zero attached hydrogens (tertiary/aromatic N) is 1. The molecule has 6 fully saturated rings. The highest BCUT2D eigenvalue weighted by molar-refractivity contribution is 5.77. The van der Waals surface area contributed by atoms with Gasteiger partial charge >= 0.3 is 5.97 Å². The summed E-state index contributed by atoms with van der Waals surface area (Å²) < 4.78 is 19.5. The lowest BCUT2D eigenvalue weighted by molar-refractivity contribution is -0.272. The Balaban J connectivity index is 0.968. The number of allylic oxidation sites excluding steroid dienone is 1. The number of hydrogen-bond donors (Lipinski definition) is 0. The topological polar surface area (TPSA) is 65.1 Å². The fourth-order valence-corrected chi connectivity index (χ4v) is 11.5. The molecule has 0 bridgehead atoms. The zero-order valence-corrected chi connectivity index (χ0v) is 26.7. The molecule has 3 saturated carbocycles. The van der Waals surface area contributed by atoms with Gasteiger partial charge in [-0.2, -0.15) is 0 Å². The van der Waals surface area contributed by atoms with E-state index in [2.05, 4.69) is 33.8 Å². The van der Waals surface area contributed by atoms with Gasteiger partial charge in [0.2, 0.25) is 5.91 Å². The average Bonchev–Trinajstić information content (AvgIpc) is 3.66. The van der Waals surface area contributed by atoms with Gasteiger partial charge < -0.3 is 19.1 Å². The normalized spacial score (nSPS) is 47.8. The van der Waals surface area contributed by atoms with E-state index in [1.807, 2.05) is 4.90 Å². The van der Waals surface area contributed by atoms with Gasteiger partial charge in [0.05, 0.1) is 12.7 Å². The number of hydrogen-bond acceptors (Lipinski definition) is 5. The molecule has 0 aromatic rings. The third-order valence-corrected chi connectivity index (χ3v) is 13.9. The molecule has 3 saturated heterocycles. The van der Waals surface area contributed by atoms with E-state index in [4.69, 9.17) is 14.2 Å². The van der Waals surface area contributed by atoms with Crippen molar-refractivity contribution in [3.05, 3.63) is 11.6 Å². The maximum Gasteiger partial charge on any atom is 0.306 e. The minimum Gasteiger partial charge on any atom is -0.462 e. The molecule has 6 nitrogen and oxygen atoms in total. The monoisotopic (exact) mass is 581 g/mol. The van der Waals surface area contributed by atoms with Gasteiger partial charge in [-0.15, -0.1) is 0 Å². The van der Waals surface area contributed by atoms with Crippen molar-refractivity contribution in [2.24, 2.45) is 46.3 Å². The fraction of sp³-hybridized carbons (Fsp3) is 0.889. The summed E-state index contributed by atoms with van der Waals surface area (Å²) in [6.07, 6.45) is 16.8. The van der Waals surface area contributed by atoms with Crippen LogP contribution in [0.25, 0.3) is 0 Å². The van der Waals surface area contributed by atoms with Crippen LogP contribution in [0.2, 0.25) is 0 Å². The molecule has 0 unspecified atom stereocenters. The van der Waals surface area contributed by atoms with Crippen molar-refractivity contribution in [3.8, 4) is 0 Å². The Morgan fingerprint density at radius 1 is 1.02 bits per heavy atom. The van der Waals surface area contributed by atoms with Crippen LogP contribution in [0.15, 0.2) is 11.6 Å². The Kier molecular flexibility index (Phi) is 7.60. The Bertz CT molecular complexity index is 1090. The highest BCUT2D eigenvalue weighted by atomic mass is 16.7. The lowest BCUT2D eigenvalue weighted by atomic mass is 9.47. The highest BCUT2D eigenvalue weighted by Gasteiger charge is 2.68. The number of amides is 1. The van der Waals surface area contributed by atoms with Crippen LogP contribution in [0, 0.1) is 46.3 Å². The van der Waals surface area contributed by atoms with Crippen LogP contribution in [0.3, 0.4) is 0 Å². The predicted molar refractivity (Wildman–Crippen MR) is 161 cm³/mol. The molecule has 234 valence electrons. The molecule has 3 aliphatic heterocycles. The van der Waals surface area contributed by atoms with E-state index < -0.39 is 0 Å². The summed E-state index contributed by atoms with van der Waals surface area (Å²) >= 11 is 0. The van der Waals surface area contributed by atoms with Crippen molar-refractivity contribution >= 4 is 11.9 Å². The highest BCUT2D eigenvalue weighted by Crippen LogP contribution is 2.70. The maximum absolute atomic E-state index is 12.7. The molecule has 7 rings (SSSR count). The molecule has 42 heavy (non-hydrogen) atoms. The summed E-state index contributed by atoms with van der Waals surface area (Å²) in [6, 6.07) is 0. The van der Waals surface area contributed by atoms with E-state index in [1.54, 1.807) is 5.57 Å². The van der Waals surface area contributed by atoms with E-state index in [9.17, 15) is 9.59 Å². The van der Waals surface area contributed by atoms with Crippen LogP contribution < -0.4 is 0 Å². The van der Waals surface area contributed by atoms with Gasteiger partial charge in [0.15, 0.2) is 5.79 Å². The fourth-order valence-electron chi connectivity index (χ4n) is 11.5. The molecule has 0 aromatic carbocycles. The van der Waals surface area contributed by atoms with E-state index in [-0.39, 0.29) is 29.2 Å². The first kappa shape index (κ1) is 29.3. The Labute approximate surface area is 253 Å². The molecule has 3 heterocycles. The first-order valence-electron chi connectivity index (χ1n) is 17.6. The number of carbonyl (C=O) groups excluding carboxylic acids is 2. The molecule has 0 aromatic heterocycles.